The van der Waals surface area contributed by atoms with Crippen LogP contribution in [0.15, 0.2) is 30.3 Å². The summed E-state index contributed by atoms with van der Waals surface area (Å²) in [5, 5.41) is 1.01. The van der Waals surface area contributed by atoms with Gasteiger partial charge in [0, 0.05) is 24.0 Å². The lowest BCUT2D eigenvalue weighted by Gasteiger charge is -2.24. The van der Waals surface area contributed by atoms with Crippen molar-refractivity contribution in [3.05, 3.63) is 35.9 Å². The maximum atomic E-state index is 5.73. The highest BCUT2D eigenvalue weighted by molar-refractivity contribution is 9.09. The first-order valence-corrected chi connectivity index (χ1v) is 7.22. The Kier molecular flexibility index (Phi) is 5.01. The first kappa shape index (κ1) is 13.1. The van der Waals surface area contributed by atoms with Gasteiger partial charge >= 0.3 is 0 Å². The molecule has 94 valence electrons. The molecule has 0 spiro atoms. The third-order valence-electron chi connectivity index (χ3n) is 3.36. The van der Waals surface area contributed by atoms with Crippen molar-refractivity contribution < 1.29 is 9.47 Å². The van der Waals surface area contributed by atoms with Crippen LogP contribution in [-0.2, 0) is 16.1 Å². The summed E-state index contributed by atoms with van der Waals surface area (Å²) >= 11 is 3.59. The number of hydrogen-bond acceptors (Lipinski definition) is 2. The Labute approximate surface area is 111 Å². The third kappa shape index (κ3) is 3.80. The lowest BCUT2D eigenvalue weighted by molar-refractivity contribution is 0.0810. The zero-order valence-electron chi connectivity index (χ0n) is 10.0. The molecule has 0 aromatic heterocycles. The number of hydrogen-bond donors (Lipinski definition) is 0. The Morgan fingerprint density at radius 1 is 1.29 bits per heavy atom. The Bertz CT molecular complexity index is 320. The minimum Gasteiger partial charge on any atom is -0.381 e. The first-order valence-electron chi connectivity index (χ1n) is 6.10. The Balaban J connectivity index is 1.69. The molecule has 1 saturated heterocycles. The van der Waals surface area contributed by atoms with Crippen LogP contribution in [0.25, 0.3) is 0 Å². The van der Waals surface area contributed by atoms with E-state index in [0.29, 0.717) is 12.0 Å². The molecule has 1 aliphatic heterocycles. The predicted octanol–water partition coefficient (Wildman–Crippen LogP) is 3.39. The molecule has 0 N–H and O–H groups in total. The summed E-state index contributed by atoms with van der Waals surface area (Å²) in [4.78, 5) is 0. The van der Waals surface area contributed by atoms with Crippen LogP contribution in [0.4, 0.5) is 0 Å². The average molecular weight is 299 g/mol. The maximum Gasteiger partial charge on any atom is 0.0716 e. The van der Waals surface area contributed by atoms with Crippen molar-refractivity contribution in [3.63, 3.8) is 0 Å². The van der Waals surface area contributed by atoms with Gasteiger partial charge in [-0.15, -0.1) is 0 Å². The van der Waals surface area contributed by atoms with Gasteiger partial charge in [-0.25, -0.2) is 0 Å². The highest BCUT2D eigenvalue weighted by Gasteiger charge is 2.33. The van der Waals surface area contributed by atoms with Gasteiger partial charge in [-0.05, 0) is 18.4 Å². The number of rotatable bonds is 6. The highest BCUT2D eigenvalue weighted by Crippen LogP contribution is 2.34. The molecule has 2 nitrogen and oxygen atoms in total. The molecule has 1 heterocycles. The van der Waals surface area contributed by atoms with Crippen LogP contribution in [0.2, 0.25) is 0 Å². The molecule has 3 heteroatoms. The monoisotopic (exact) mass is 298 g/mol. The Hall–Kier alpha value is -0.380. The van der Waals surface area contributed by atoms with Crippen molar-refractivity contribution in [3.8, 4) is 0 Å². The van der Waals surface area contributed by atoms with Crippen LogP contribution >= 0.6 is 15.9 Å². The summed E-state index contributed by atoms with van der Waals surface area (Å²) < 4.78 is 11.2. The van der Waals surface area contributed by atoms with E-state index in [1.165, 1.54) is 5.56 Å². The normalized spacial score (nSPS) is 24.1. The van der Waals surface area contributed by atoms with Gasteiger partial charge in [0.15, 0.2) is 0 Å². The van der Waals surface area contributed by atoms with E-state index in [-0.39, 0.29) is 0 Å². The second-order valence-electron chi connectivity index (χ2n) is 4.72. The van der Waals surface area contributed by atoms with Crippen LogP contribution in [0, 0.1) is 5.41 Å². The molecule has 0 bridgehead atoms. The lowest BCUT2D eigenvalue weighted by atomic mass is 9.87. The number of ether oxygens (including phenoxy) is 2. The van der Waals surface area contributed by atoms with Crippen molar-refractivity contribution in [1.29, 1.82) is 0 Å². The molecule has 0 aliphatic carbocycles. The van der Waals surface area contributed by atoms with E-state index in [1.807, 2.05) is 18.2 Å². The molecule has 1 aromatic carbocycles. The fourth-order valence-electron chi connectivity index (χ4n) is 2.07. The SMILES string of the molecule is BrCC1(CCOCc2ccccc2)CCOC1. The second-order valence-corrected chi connectivity index (χ2v) is 5.29. The number of alkyl halides is 1. The molecule has 1 aliphatic rings. The maximum absolute atomic E-state index is 5.73. The quantitative estimate of drug-likeness (QED) is 0.592. The molecule has 17 heavy (non-hydrogen) atoms. The van der Waals surface area contributed by atoms with E-state index in [2.05, 4.69) is 28.1 Å². The van der Waals surface area contributed by atoms with Gasteiger partial charge in [0.1, 0.15) is 0 Å². The van der Waals surface area contributed by atoms with Crippen molar-refractivity contribution in [1.82, 2.24) is 0 Å². The molecule has 1 atom stereocenters. The van der Waals surface area contributed by atoms with Gasteiger partial charge in [0.2, 0.25) is 0 Å². The van der Waals surface area contributed by atoms with Gasteiger partial charge in [-0.1, -0.05) is 46.3 Å². The topological polar surface area (TPSA) is 18.5 Å². The average Bonchev–Trinajstić information content (AvgIpc) is 2.85. The van der Waals surface area contributed by atoms with Crippen LogP contribution in [0.3, 0.4) is 0 Å². The number of halogens is 1. The molecule has 0 radical (unpaired) electrons. The summed E-state index contributed by atoms with van der Waals surface area (Å²) in [6.45, 7) is 3.28. The molecule has 2 rings (SSSR count). The summed E-state index contributed by atoms with van der Waals surface area (Å²) in [7, 11) is 0. The zero-order chi connectivity index (χ0) is 12.0. The fourth-order valence-corrected chi connectivity index (χ4v) is 2.79. The van der Waals surface area contributed by atoms with Gasteiger partial charge in [-0.3, -0.25) is 0 Å². The highest BCUT2D eigenvalue weighted by atomic mass is 79.9. The lowest BCUT2D eigenvalue weighted by Crippen LogP contribution is -2.24. The fraction of sp³-hybridized carbons (Fsp3) is 0.571. The van der Waals surface area contributed by atoms with Gasteiger partial charge < -0.3 is 9.47 Å². The van der Waals surface area contributed by atoms with E-state index in [4.69, 9.17) is 9.47 Å². The Morgan fingerprint density at radius 3 is 2.76 bits per heavy atom. The predicted molar refractivity (Wildman–Crippen MR) is 72.4 cm³/mol. The number of benzene rings is 1. The third-order valence-corrected chi connectivity index (χ3v) is 4.55. The molecule has 1 fully saturated rings. The summed E-state index contributed by atoms with van der Waals surface area (Å²) in [5.41, 5.74) is 1.54. The second kappa shape index (κ2) is 6.53. The van der Waals surface area contributed by atoms with Gasteiger partial charge in [0.05, 0.1) is 13.2 Å². The molecule has 1 aromatic rings. The minimum atomic E-state index is 0.302. The van der Waals surface area contributed by atoms with E-state index >= 15 is 0 Å². The van der Waals surface area contributed by atoms with Crippen molar-refractivity contribution in [2.75, 3.05) is 25.2 Å². The largest absolute Gasteiger partial charge is 0.381 e. The van der Waals surface area contributed by atoms with Crippen LogP contribution in [0.5, 0.6) is 0 Å². The van der Waals surface area contributed by atoms with Crippen molar-refractivity contribution >= 4 is 15.9 Å². The van der Waals surface area contributed by atoms with E-state index in [0.717, 1.165) is 38.0 Å². The zero-order valence-corrected chi connectivity index (χ0v) is 11.6. The molecule has 1 unspecified atom stereocenters. The van der Waals surface area contributed by atoms with E-state index in [9.17, 15) is 0 Å². The van der Waals surface area contributed by atoms with Crippen LogP contribution in [-0.4, -0.2) is 25.2 Å². The van der Waals surface area contributed by atoms with Crippen LogP contribution in [0.1, 0.15) is 18.4 Å². The van der Waals surface area contributed by atoms with Crippen LogP contribution < -0.4 is 0 Å². The standard InChI is InChI=1S/C14H19BrO2/c15-11-14(7-9-17-12-14)6-8-16-10-13-4-2-1-3-5-13/h1-5H,6-12H2. The molecular formula is C14H19BrO2. The van der Waals surface area contributed by atoms with E-state index < -0.39 is 0 Å². The summed E-state index contributed by atoms with van der Waals surface area (Å²) in [6.07, 6.45) is 2.22. The van der Waals surface area contributed by atoms with Crippen molar-refractivity contribution in [2.24, 2.45) is 5.41 Å². The van der Waals surface area contributed by atoms with Crippen molar-refractivity contribution in [2.45, 2.75) is 19.4 Å². The molecule has 0 saturated carbocycles. The molecular weight excluding hydrogens is 280 g/mol. The van der Waals surface area contributed by atoms with Gasteiger partial charge in [0.25, 0.3) is 0 Å². The minimum absolute atomic E-state index is 0.302. The van der Waals surface area contributed by atoms with Gasteiger partial charge in [-0.2, -0.15) is 0 Å². The molecule has 0 amide bonds. The smallest absolute Gasteiger partial charge is 0.0716 e. The summed E-state index contributed by atoms with van der Waals surface area (Å²) in [6, 6.07) is 10.3. The van der Waals surface area contributed by atoms with E-state index in [1.54, 1.807) is 0 Å². The Morgan fingerprint density at radius 2 is 2.12 bits per heavy atom. The summed E-state index contributed by atoms with van der Waals surface area (Å²) in [5.74, 6) is 0. The first-order chi connectivity index (χ1) is 8.35.